The number of hydrogen-bond donors (Lipinski definition) is 2. The quantitative estimate of drug-likeness (QED) is 0.644. The Bertz CT molecular complexity index is 231. The van der Waals surface area contributed by atoms with Gasteiger partial charge in [-0.1, -0.05) is 6.92 Å². The van der Waals surface area contributed by atoms with Gasteiger partial charge in [-0.05, 0) is 20.4 Å². The molecule has 0 saturated carbocycles. The topological polar surface area (TPSA) is 69.6 Å². The zero-order valence-electron chi connectivity index (χ0n) is 10.3. The predicted octanol–water partition coefficient (Wildman–Crippen LogP) is 0.698. The molecule has 5 heteroatoms. The van der Waals surface area contributed by atoms with E-state index in [9.17, 15) is 9.59 Å². The maximum absolute atomic E-state index is 11.8. The van der Waals surface area contributed by atoms with Gasteiger partial charge < -0.3 is 15.3 Å². The lowest BCUT2D eigenvalue weighted by Gasteiger charge is -2.22. The van der Waals surface area contributed by atoms with Crippen LogP contribution in [0.4, 0.5) is 0 Å². The third kappa shape index (κ3) is 6.40. The fraction of sp³-hybridized carbons (Fsp3) is 0.818. The Balaban J connectivity index is 4.04. The van der Waals surface area contributed by atoms with Crippen LogP contribution >= 0.6 is 0 Å². The second kappa shape index (κ2) is 8.10. The summed E-state index contributed by atoms with van der Waals surface area (Å²) in [5.41, 5.74) is 0. The number of carboxylic acids is 1. The minimum atomic E-state index is -0.869. The van der Waals surface area contributed by atoms with Gasteiger partial charge in [-0.25, -0.2) is 0 Å². The fourth-order valence-corrected chi connectivity index (χ4v) is 1.50. The Labute approximate surface area is 96.8 Å². The average molecular weight is 230 g/mol. The highest BCUT2D eigenvalue weighted by Crippen LogP contribution is 2.00. The molecule has 0 aromatic heterocycles. The molecule has 2 N–H and O–H groups in total. The minimum Gasteiger partial charge on any atom is -0.481 e. The van der Waals surface area contributed by atoms with Crippen molar-refractivity contribution in [1.82, 2.24) is 10.2 Å². The maximum Gasteiger partial charge on any atom is 0.305 e. The van der Waals surface area contributed by atoms with Crippen molar-refractivity contribution in [2.45, 2.75) is 39.7 Å². The molecule has 0 aliphatic rings. The molecule has 16 heavy (non-hydrogen) atoms. The summed E-state index contributed by atoms with van der Waals surface area (Å²) >= 11 is 0. The summed E-state index contributed by atoms with van der Waals surface area (Å²) in [5, 5.41) is 11.7. The van der Waals surface area contributed by atoms with E-state index in [4.69, 9.17) is 5.11 Å². The Morgan fingerprint density at radius 2 is 2.00 bits per heavy atom. The third-order valence-electron chi connectivity index (χ3n) is 2.36. The lowest BCUT2D eigenvalue weighted by Crippen LogP contribution is -2.37. The SMILES string of the molecule is CCNC(C)CC(=O)N(CC)CCC(=O)O. The third-order valence-corrected chi connectivity index (χ3v) is 2.36. The fourth-order valence-electron chi connectivity index (χ4n) is 1.50. The average Bonchev–Trinajstić information content (AvgIpc) is 2.18. The molecule has 1 amide bonds. The molecule has 94 valence electrons. The van der Waals surface area contributed by atoms with E-state index >= 15 is 0 Å². The highest BCUT2D eigenvalue weighted by atomic mass is 16.4. The van der Waals surface area contributed by atoms with Crippen molar-refractivity contribution in [3.8, 4) is 0 Å². The van der Waals surface area contributed by atoms with Crippen molar-refractivity contribution in [1.29, 1.82) is 0 Å². The molecular weight excluding hydrogens is 208 g/mol. The van der Waals surface area contributed by atoms with Crippen molar-refractivity contribution in [2.75, 3.05) is 19.6 Å². The number of hydrogen-bond acceptors (Lipinski definition) is 3. The molecule has 0 aromatic rings. The first-order valence-electron chi connectivity index (χ1n) is 5.74. The van der Waals surface area contributed by atoms with Crippen LogP contribution in [0, 0.1) is 0 Å². The molecule has 0 aliphatic heterocycles. The highest BCUT2D eigenvalue weighted by molar-refractivity contribution is 5.77. The number of nitrogens with zero attached hydrogens (tertiary/aromatic N) is 1. The number of nitrogens with one attached hydrogen (secondary N) is 1. The molecule has 1 atom stereocenters. The van der Waals surface area contributed by atoms with Crippen LogP contribution in [-0.4, -0.2) is 47.6 Å². The smallest absolute Gasteiger partial charge is 0.305 e. The highest BCUT2D eigenvalue weighted by Gasteiger charge is 2.15. The van der Waals surface area contributed by atoms with Crippen LogP contribution in [0.15, 0.2) is 0 Å². The summed E-state index contributed by atoms with van der Waals surface area (Å²) in [7, 11) is 0. The van der Waals surface area contributed by atoms with E-state index < -0.39 is 5.97 Å². The van der Waals surface area contributed by atoms with E-state index in [0.717, 1.165) is 6.54 Å². The van der Waals surface area contributed by atoms with Gasteiger partial charge in [0, 0.05) is 25.6 Å². The van der Waals surface area contributed by atoms with E-state index in [0.29, 0.717) is 19.5 Å². The van der Waals surface area contributed by atoms with Crippen LogP contribution in [-0.2, 0) is 9.59 Å². The normalized spacial score (nSPS) is 12.2. The molecule has 0 fully saturated rings. The van der Waals surface area contributed by atoms with Crippen LogP contribution in [0.5, 0.6) is 0 Å². The van der Waals surface area contributed by atoms with Gasteiger partial charge in [0.25, 0.3) is 0 Å². The number of rotatable bonds is 8. The first-order chi connectivity index (χ1) is 7.51. The lowest BCUT2D eigenvalue weighted by atomic mass is 10.2. The first kappa shape index (κ1) is 14.9. The summed E-state index contributed by atoms with van der Waals surface area (Å²) in [4.78, 5) is 23.8. The monoisotopic (exact) mass is 230 g/mol. The molecule has 0 heterocycles. The van der Waals surface area contributed by atoms with Gasteiger partial charge in [0.15, 0.2) is 0 Å². The molecule has 0 spiro atoms. The molecular formula is C11H22N2O3. The number of amides is 1. The van der Waals surface area contributed by atoms with Gasteiger partial charge in [0.05, 0.1) is 6.42 Å². The molecule has 0 saturated heterocycles. The zero-order valence-corrected chi connectivity index (χ0v) is 10.3. The van der Waals surface area contributed by atoms with Gasteiger partial charge in [0.1, 0.15) is 0 Å². The van der Waals surface area contributed by atoms with E-state index in [1.165, 1.54) is 0 Å². The van der Waals surface area contributed by atoms with E-state index in [2.05, 4.69) is 5.32 Å². The molecule has 0 rings (SSSR count). The predicted molar refractivity (Wildman–Crippen MR) is 62.3 cm³/mol. The van der Waals surface area contributed by atoms with E-state index in [1.807, 2.05) is 20.8 Å². The maximum atomic E-state index is 11.8. The van der Waals surface area contributed by atoms with Crippen LogP contribution in [0.25, 0.3) is 0 Å². The number of carboxylic acid groups (broad SMARTS) is 1. The molecule has 0 bridgehead atoms. The largest absolute Gasteiger partial charge is 0.481 e. The second-order valence-corrected chi connectivity index (χ2v) is 3.78. The Morgan fingerprint density at radius 1 is 1.38 bits per heavy atom. The summed E-state index contributed by atoms with van der Waals surface area (Å²) in [5.74, 6) is -0.858. The summed E-state index contributed by atoms with van der Waals surface area (Å²) in [6, 6.07) is 0.136. The molecule has 5 nitrogen and oxygen atoms in total. The molecule has 0 radical (unpaired) electrons. The van der Waals surface area contributed by atoms with Crippen LogP contribution in [0.1, 0.15) is 33.6 Å². The van der Waals surface area contributed by atoms with Crippen LogP contribution in [0.3, 0.4) is 0 Å². The molecule has 0 aromatic carbocycles. The number of carbonyl (C=O) groups is 2. The number of carbonyl (C=O) groups excluding carboxylic acids is 1. The number of aliphatic carboxylic acids is 1. The minimum absolute atomic E-state index is 0.00909. The summed E-state index contributed by atoms with van der Waals surface area (Å²) in [6.07, 6.45) is 0.427. The Kier molecular flexibility index (Phi) is 7.54. The van der Waals surface area contributed by atoms with Crippen LogP contribution in [0.2, 0.25) is 0 Å². The Morgan fingerprint density at radius 3 is 2.44 bits per heavy atom. The van der Waals surface area contributed by atoms with Gasteiger partial charge >= 0.3 is 5.97 Å². The molecule has 1 unspecified atom stereocenters. The first-order valence-corrected chi connectivity index (χ1v) is 5.74. The molecule has 0 aliphatic carbocycles. The van der Waals surface area contributed by atoms with Crippen molar-refractivity contribution in [3.05, 3.63) is 0 Å². The van der Waals surface area contributed by atoms with Crippen molar-refractivity contribution >= 4 is 11.9 Å². The van der Waals surface area contributed by atoms with Crippen LogP contribution < -0.4 is 5.32 Å². The van der Waals surface area contributed by atoms with E-state index in [1.54, 1.807) is 4.90 Å². The van der Waals surface area contributed by atoms with Gasteiger partial charge in [-0.3, -0.25) is 9.59 Å². The second-order valence-electron chi connectivity index (χ2n) is 3.78. The standard InChI is InChI=1S/C11H22N2O3/c1-4-12-9(3)8-10(14)13(5-2)7-6-11(15)16/h9,12H,4-8H2,1-3H3,(H,15,16). The van der Waals surface area contributed by atoms with Gasteiger partial charge in [0.2, 0.25) is 5.91 Å². The Hall–Kier alpha value is -1.10. The van der Waals surface area contributed by atoms with Gasteiger partial charge in [-0.15, -0.1) is 0 Å². The summed E-state index contributed by atoms with van der Waals surface area (Å²) in [6.45, 7) is 7.48. The van der Waals surface area contributed by atoms with Crippen molar-refractivity contribution in [2.24, 2.45) is 0 Å². The van der Waals surface area contributed by atoms with Crippen molar-refractivity contribution < 1.29 is 14.7 Å². The van der Waals surface area contributed by atoms with Crippen molar-refractivity contribution in [3.63, 3.8) is 0 Å². The van der Waals surface area contributed by atoms with Gasteiger partial charge in [-0.2, -0.15) is 0 Å². The lowest BCUT2D eigenvalue weighted by molar-refractivity contribution is -0.138. The van der Waals surface area contributed by atoms with E-state index in [-0.39, 0.29) is 18.4 Å². The summed E-state index contributed by atoms with van der Waals surface area (Å²) < 4.78 is 0. The zero-order chi connectivity index (χ0) is 12.6.